The van der Waals surface area contributed by atoms with Gasteiger partial charge in [-0.15, -0.1) is 0 Å². The van der Waals surface area contributed by atoms with Gasteiger partial charge in [0.1, 0.15) is 17.8 Å². The van der Waals surface area contributed by atoms with Crippen molar-refractivity contribution in [1.29, 1.82) is 0 Å². The van der Waals surface area contributed by atoms with Gasteiger partial charge in [-0.2, -0.15) is 0 Å². The maximum Gasteiger partial charge on any atom is 0.118 e. The monoisotopic (exact) mass is 267 g/mol. The molecule has 0 aromatic carbocycles. The second-order valence-electron chi connectivity index (χ2n) is 4.73. The molecule has 18 heavy (non-hydrogen) atoms. The minimum atomic E-state index is -1.94. The van der Waals surface area contributed by atoms with E-state index in [0.29, 0.717) is 0 Å². The Kier molecular flexibility index (Phi) is 5.44. The van der Waals surface area contributed by atoms with E-state index in [1.165, 1.54) is 0 Å². The molecule has 0 heterocycles. The molecule has 5 atom stereocenters. The van der Waals surface area contributed by atoms with Crippen molar-refractivity contribution in [2.75, 3.05) is 19.8 Å². The summed E-state index contributed by atoms with van der Waals surface area (Å²) < 4.78 is 0. The van der Waals surface area contributed by atoms with Gasteiger partial charge in [0.25, 0.3) is 0 Å². The lowest BCUT2D eigenvalue weighted by Gasteiger charge is -2.46. The number of hydrogen-bond acceptors (Lipinski definition) is 8. The van der Waals surface area contributed by atoms with Gasteiger partial charge in [0.05, 0.1) is 32.0 Å². The third-order valence-electron chi connectivity index (χ3n) is 3.37. The molecule has 0 aromatic rings. The Bertz CT molecular complexity index is 263. The fourth-order valence-corrected chi connectivity index (χ4v) is 2.15. The van der Waals surface area contributed by atoms with Crippen molar-refractivity contribution in [3.8, 4) is 0 Å². The Hall–Kier alpha value is -0.320. The van der Waals surface area contributed by atoms with Gasteiger partial charge in [-0.05, 0) is 6.42 Å². The van der Waals surface area contributed by atoms with Crippen LogP contribution in [0.25, 0.3) is 0 Å². The Labute approximate surface area is 104 Å². The summed E-state index contributed by atoms with van der Waals surface area (Å²) in [7, 11) is 0. The first-order valence-corrected chi connectivity index (χ1v) is 5.74. The Morgan fingerprint density at radius 2 is 1.61 bits per heavy atom. The number of aliphatic hydroxyl groups is 7. The van der Waals surface area contributed by atoms with Crippen LogP contribution < -0.4 is 5.32 Å². The van der Waals surface area contributed by atoms with Crippen molar-refractivity contribution in [3.63, 3.8) is 0 Å². The molecule has 8 nitrogen and oxygen atoms in total. The molecule has 1 fully saturated rings. The SMILES string of the molecule is OCC(CO)N[C@H]1C[C@@](O)(CO)[C@H](O)[C@@H](O)[C@H]1O. The average molecular weight is 267 g/mol. The van der Waals surface area contributed by atoms with Gasteiger partial charge in [-0.25, -0.2) is 0 Å². The van der Waals surface area contributed by atoms with Crippen LogP contribution in [0.4, 0.5) is 0 Å². The first-order chi connectivity index (χ1) is 8.39. The van der Waals surface area contributed by atoms with Crippen molar-refractivity contribution in [3.05, 3.63) is 0 Å². The van der Waals surface area contributed by atoms with E-state index in [-0.39, 0.29) is 6.42 Å². The highest BCUT2D eigenvalue weighted by molar-refractivity contribution is 5.05. The fraction of sp³-hybridized carbons (Fsp3) is 1.00. The zero-order chi connectivity index (χ0) is 13.9. The summed E-state index contributed by atoms with van der Waals surface area (Å²) in [5, 5.41) is 68.4. The predicted molar refractivity (Wildman–Crippen MR) is 59.6 cm³/mol. The Morgan fingerprint density at radius 3 is 2.06 bits per heavy atom. The summed E-state index contributed by atoms with van der Waals surface area (Å²) in [5.41, 5.74) is -1.94. The zero-order valence-electron chi connectivity index (χ0n) is 9.85. The van der Waals surface area contributed by atoms with E-state index in [1.54, 1.807) is 0 Å². The summed E-state index contributed by atoms with van der Waals surface area (Å²) in [4.78, 5) is 0. The number of aliphatic hydroxyl groups excluding tert-OH is 6. The quantitative estimate of drug-likeness (QED) is 0.248. The number of nitrogens with one attached hydrogen (secondary N) is 1. The van der Waals surface area contributed by atoms with Gasteiger partial charge in [-0.1, -0.05) is 0 Å². The maximum absolute atomic E-state index is 9.93. The normalized spacial score (nSPS) is 41.3. The minimum absolute atomic E-state index is 0.223. The summed E-state index contributed by atoms with van der Waals surface area (Å²) in [5.74, 6) is 0. The molecular formula is C10H21NO7. The molecule has 0 amide bonds. The molecule has 1 rings (SSSR count). The highest BCUT2D eigenvalue weighted by Gasteiger charge is 2.51. The van der Waals surface area contributed by atoms with Crippen LogP contribution in [0.1, 0.15) is 6.42 Å². The van der Waals surface area contributed by atoms with Crippen LogP contribution in [-0.2, 0) is 0 Å². The lowest BCUT2D eigenvalue weighted by Crippen LogP contribution is -2.68. The number of rotatable bonds is 5. The average Bonchev–Trinajstić information content (AvgIpc) is 2.39. The second-order valence-corrected chi connectivity index (χ2v) is 4.73. The topological polar surface area (TPSA) is 154 Å². The van der Waals surface area contributed by atoms with Crippen molar-refractivity contribution >= 4 is 0 Å². The largest absolute Gasteiger partial charge is 0.395 e. The van der Waals surface area contributed by atoms with E-state index in [1.807, 2.05) is 0 Å². The third-order valence-corrected chi connectivity index (χ3v) is 3.37. The van der Waals surface area contributed by atoms with Crippen molar-refractivity contribution in [2.24, 2.45) is 0 Å². The van der Waals surface area contributed by atoms with Gasteiger partial charge in [0, 0.05) is 6.04 Å². The van der Waals surface area contributed by atoms with Gasteiger partial charge in [-0.3, -0.25) is 0 Å². The van der Waals surface area contributed by atoms with E-state index in [0.717, 1.165) is 0 Å². The zero-order valence-corrected chi connectivity index (χ0v) is 9.85. The minimum Gasteiger partial charge on any atom is -0.395 e. The summed E-state index contributed by atoms with van der Waals surface area (Å²) in [6, 6.07) is -1.60. The molecule has 8 N–H and O–H groups in total. The van der Waals surface area contributed by atoms with E-state index in [2.05, 4.69) is 5.32 Å². The van der Waals surface area contributed by atoms with Gasteiger partial charge >= 0.3 is 0 Å². The summed E-state index contributed by atoms with van der Waals surface area (Å²) in [6.45, 7) is -1.56. The van der Waals surface area contributed by atoms with Crippen LogP contribution in [-0.4, -0.2) is 91.6 Å². The van der Waals surface area contributed by atoms with Gasteiger partial charge in [0.2, 0.25) is 0 Å². The van der Waals surface area contributed by atoms with E-state index >= 15 is 0 Å². The molecular weight excluding hydrogens is 246 g/mol. The molecule has 1 aliphatic carbocycles. The fourth-order valence-electron chi connectivity index (χ4n) is 2.15. The van der Waals surface area contributed by atoms with Crippen LogP contribution >= 0.6 is 0 Å². The molecule has 0 bridgehead atoms. The van der Waals surface area contributed by atoms with E-state index in [4.69, 9.17) is 15.3 Å². The summed E-state index contributed by atoms with van der Waals surface area (Å²) >= 11 is 0. The molecule has 108 valence electrons. The highest BCUT2D eigenvalue weighted by Crippen LogP contribution is 2.29. The summed E-state index contributed by atoms with van der Waals surface area (Å²) in [6.07, 6.45) is -4.91. The van der Waals surface area contributed by atoms with Crippen molar-refractivity contribution < 1.29 is 35.7 Å². The lowest BCUT2D eigenvalue weighted by molar-refractivity contribution is -0.207. The van der Waals surface area contributed by atoms with E-state index < -0.39 is 55.8 Å². The Balaban J connectivity index is 2.79. The molecule has 1 aliphatic rings. The molecule has 0 spiro atoms. The van der Waals surface area contributed by atoms with Crippen LogP contribution in [0.2, 0.25) is 0 Å². The second kappa shape index (κ2) is 6.22. The predicted octanol–water partition coefficient (Wildman–Crippen LogP) is -4.49. The first kappa shape index (κ1) is 15.7. The molecule has 0 aliphatic heterocycles. The van der Waals surface area contributed by atoms with Crippen LogP contribution in [0.3, 0.4) is 0 Å². The smallest absolute Gasteiger partial charge is 0.118 e. The lowest BCUT2D eigenvalue weighted by atomic mass is 9.76. The molecule has 0 radical (unpaired) electrons. The third kappa shape index (κ3) is 2.98. The molecule has 0 saturated heterocycles. The van der Waals surface area contributed by atoms with Crippen molar-refractivity contribution in [2.45, 2.75) is 42.4 Å². The molecule has 0 unspecified atom stereocenters. The van der Waals surface area contributed by atoms with Crippen LogP contribution in [0, 0.1) is 0 Å². The van der Waals surface area contributed by atoms with Gasteiger partial charge in [0.15, 0.2) is 0 Å². The van der Waals surface area contributed by atoms with Crippen LogP contribution in [0.5, 0.6) is 0 Å². The molecule has 0 aromatic heterocycles. The first-order valence-electron chi connectivity index (χ1n) is 5.74. The van der Waals surface area contributed by atoms with E-state index in [9.17, 15) is 20.4 Å². The molecule has 8 heteroatoms. The highest BCUT2D eigenvalue weighted by atomic mass is 16.4. The van der Waals surface area contributed by atoms with Crippen molar-refractivity contribution in [1.82, 2.24) is 5.32 Å². The number of hydrogen-bond donors (Lipinski definition) is 8. The Morgan fingerprint density at radius 1 is 1.06 bits per heavy atom. The van der Waals surface area contributed by atoms with Crippen LogP contribution in [0.15, 0.2) is 0 Å². The maximum atomic E-state index is 9.93. The molecule has 1 saturated carbocycles. The van der Waals surface area contributed by atoms with Gasteiger partial charge < -0.3 is 41.1 Å². The standard InChI is InChI=1S/C10H21NO7/c12-2-5(3-13)11-6-1-10(18,4-14)9(17)8(16)7(6)15/h5-9,11-18H,1-4H2/t6-,7-,8-,9+,10+/m0/s1.